The van der Waals surface area contributed by atoms with E-state index in [9.17, 15) is 19.2 Å². The minimum Gasteiger partial charge on any atom is -0.462 e. The number of thiophene rings is 1. The lowest BCUT2D eigenvalue weighted by atomic mass is 9.88. The van der Waals surface area contributed by atoms with Crippen LogP contribution < -0.4 is 16.0 Å². The topological polar surface area (TPSA) is 114 Å². The molecule has 0 aliphatic heterocycles. The molecule has 0 fully saturated rings. The third-order valence-electron chi connectivity index (χ3n) is 7.64. The number of carbonyl (C=O) groups excluding carboxylic acids is 4. The van der Waals surface area contributed by atoms with Crippen molar-refractivity contribution in [3.8, 4) is 0 Å². The van der Waals surface area contributed by atoms with E-state index in [0.717, 1.165) is 40.2 Å². The molecule has 3 aromatic carbocycles. The first-order valence-corrected chi connectivity index (χ1v) is 17.2. The normalized spacial score (nSPS) is 14.8. The van der Waals surface area contributed by atoms with Gasteiger partial charge in [0.15, 0.2) is 0 Å². The molecule has 1 aliphatic rings. The van der Waals surface area contributed by atoms with E-state index >= 15 is 0 Å². The molecule has 3 N–H and O–H groups in total. The Bertz CT molecular complexity index is 1790. The summed E-state index contributed by atoms with van der Waals surface area (Å²) >= 11 is 2.79. The summed E-state index contributed by atoms with van der Waals surface area (Å²) < 4.78 is 5.35. The van der Waals surface area contributed by atoms with Gasteiger partial charge in [0.25, 0.3) is 11.8 Å². The van der Waals surface area contributed by atoms with E-state index in [1.54, 1.807) is 62.4 Å². The van der Waals surface area contributed by atoms with Gasteiger partial charge in [0.2, 0.25) is 5.91 Å². The van der Waals surface area contributed by atoms with Gasteiger partial charge in [-0.2, -0.15) is 0 Å². The number of anilines is 2. The molecule has 2 atom stereocenters. The summed E-state index contributed by atoms with van der Waals surface area (Å²) in [4.78, 5) is 54.6. The molecular formula is C37H37N3O5S2. The van der Waals surface area contributed by atoms with Gasteiger partial charge in [0, 0.05) is 21.0 Å². The zero-order valence-corrected chi connectivity index (χ0v) is 28.1. The van der Waals surface area contributed by atoms with Gasteiger partial charge in [-0.3, -0.25) is 14.4 Å². The summed E-state index contributed by atoms with van der Waals surface area (Å²) in [6.07, 6.45) is 4.28. The van der Waals surface area contributed by atoms with Gasteiger partial charge in [0.1, 0.15) is 10.7 Å². The monoisotopic (exact) mass is 667 g/mol. The Balaban J connectivity index is 1.28. The first-order valence-electron chi connectivity index (χ1n) is 15.6. The van der Waals surface area contributed by atoms with Gasteiger partial charge in [-0.15, -0.1) is 23.1 Å². The number of hydrogen-bond acceptors (Lipinski definition) is 7. The Morgan fingerprint density at radius 3 is 2.43 bits per heavy atom. The zero-order valence-electron chi connectivity index (χ0n) is 26.5. The minimum atomic E-state index is -0.507. The van der Waals surface area contributed by atoms with Crippen molar-refractivity contribution in [2.75, 3.05) is 17.2 Å². The van der Waals surface area contributed by atoms with Crippen molar-refractivity contribution in [3.05, 3.63) is 118 Å². The maximum absolute atomic E-state index is 13.5. The van der Waals surface area contributed by atoms with Gasteiger partial charge in [-0.25, -0.2) is 4.79 Å². The zero-order chi connectivity index (χ0) is 33.3. The molecule has 5 rings (SSSR count). The van der Waals surface area contributed by atoms with Crippen LogP contribution in [0.15, 0.2) is 95.5 Å². The molecule has 2 unspecified atom stereocenters. The number of rotatable bonds is 11. The quantitative estimate of drug-likeness (QED) is 0.0864. The highest BCUT2D eigenvalue weighted by Crippen LogP contribution is 2.40. The standard InChI is InChI=1S/C37H37N3O5S2/c1-4-45-37(44)32-29-19-18-23(2)20-31(29)47-36(32)40-33(41)24(3)46-28-17-11-16-27(22-28)38-35(43)30(21-25-12-7-5-8-13-25)39-34(42)26-14-9-6-10-15-26/h5-17,21-24H,4,18-20H2,1-3H3,(H,38,43)(H,39,42)(H,40,41)/b30-21-. The largest absolute Gasteiger partial charge is 0.462 e. The molecule has 1 aliphatic carbocycles. The predicted molar refractivity (Wildman–Crippen MR) is 189 cm³/mol. The van der Waals surface area contributed by atoms with Crippen molar-refractivity contribution < 1.29 is 23.9 Å². The fraction of sp³-hybridized carbons (Fsp3) is 0.243. The van der Waals surface area contributed by atoms with Gasteiger partial charge in [-0.1, -0.05) is 61.5 Å². The highest BCUT2D eigenvalue weighted by molar-refractivity contribution is 8.00. The van der Waals surface area contributed by atoms with Crippen LogP contribution >= 0.6 is 23.1 Å². The molecule has 8 nitrogen and oxygen atoms in total. The summed E-state index contributed by atoms with van der Waals surface area (Å²) in [6.45, 7) is 6.02. The molecular weight excluding hydrogens is 631 g/mol. The fourth-order valence-electron chi connectivity index (χ4n) is 5.23. The van der Waals surface area contributed by atoms with Gasteiger partial charge < -0.3 is 20.7 Å². The Hall–Kier alpha value is -4.67. The second kappa shape index (κ2) is 15.8. The molecule has 0 bridgehead atoms. The van der Waals surface area contributed by atoms with Crippen LogP contribution in [0.1, 0.15) is 63.9 Å². The van der Waals surface area contributed by atoms with Crippen LogP contribution in [-0.2, 0) is 27.2 Å². The van der Waals surface area contributed by atoms with Crippen molar-refractivity contribution >= 4 is 63.6 Å². The Morgan fingerprint density at radius 2 is 1.70 bits per heavy atom. The van der Waals surface area contributed by atoms with Gasteiger partial charge in [-0.05, 0) is 86.6 Å². The predicted octanol–water partition coefficient (Wildman–Crippen LogP) is 7.58. The van der Waals surface area contributed by atoms with Crippen molar-refractivity contribution in [1.29, 1.82) is 0 Å². The second-order valence-corrected chi connectivity index (χ2v) is 13.8. The smallest absolute Gasteiger partial charge is 0.341 e. The van der Waals surface area contributed by atoms with Crippen molar-refractivity contribution in [2.45, 2.75) is 50.2 Å². The summed E-state index contributed by atoms with van der Waals surface area (Å²) in [5, 5.41) is 8.66. The van der Waals surface area contributed by atoms with Crippen LogP contribution in [0.5, 0.6) is 0 Å². The minimum absolute atomic E-state index is 0.0845. The van der Waals surface area contributed by atoms with Gasteiger partial charge >= 0.3 is 5.97 Å². The number of ether oxygens (including phenoxy) is 1. The van der Waals surface area contributed by atoms with Crippen LogP contribution in [0.25, 0.3) is 6.08 Å². The summed E-state index contributed by atoms with van der Waals surface area (Å²) in [5.41, 5.74) is 3.24. The highest BCUT2D eigenvalue weighted by Gasteiger charge is 2.30. The van der Waals surface area contributed by atoms with E-state index in [1.165, 1.54) is 23.1 Å². The average Bonchev–Trinajstić information content (AvgIpc) is 3.42. The van der Waals surface area contributed by atoms with E-state index in [1.807, 2.05) is 42.5 Å². The first-order chi connectivity index (χ1) is 22.7. The first kappa shape index (κ1) is 33.7. The number of carbonyl (C=O) groups is 4. The molecule has 242 valence electrons. The number of hydrogen-bond donors (Lipinski definition) is 3. The molecule has 0 spiro atoms. The highest BCUT2D eigenvalue weighted by atomic mass is 32.2. The number of benzene rings is 3. The molecule has 3 amide bonds. The lowest BCUT2D eigenvalue weighted by Crippen LogP contribution is -2.30. The average molecular weight is 668 g/mol. The van der Waals surface area contributed by atoms with Crippen LogP contribution in [-0.4, -0.2) is 35.5 Å². The lowest BCUT2D eigenvalue weighted by molar-refractivity contribution is -0.115. The number of esters is 1. The van der Waals surface area contributed by atoms with Crippen LogP contribution in [0.2, 0.25) is 0 Å². The van der Waals surface area contributed by atoms with Crippen molar-refractivity contribution in [1.82, 2.24) is 5.32 Å². The molecule has 0 saturated carbocycles. The maximum Gasteiger partial charge on any atom is 0.341 e. The Labute approximate surface area is 283 Å². The maximum atomic E-state index is 13.5. The van der Waals surface area contributed by atoms with E-state index < -0.39 is 23.0 Å². The lowest BCUT2D eigenvalue weighted by Gasteiger charge is -2.18. The summed E-state index contributed by atoms with van der Waals surface area (Å²) in [7, 11) is 0. The molecule has 4 aromatic rings. The summed E-state index contributed by atoms with van der Waals surface area (Å²) in [6, 6.07) is 25.1. The molecule has 10 heteroatoms. The van der Waals surface area contributed by atoms with E-state index in [2.05, 4.69) is 22.9 Å². The number of thioether (sulfide) groups is 1. The number of nitrogens with one attached hydrogen (secondary N) is 3. The van der Waals surface area contributed by atoms with Crippen LogP contribution in [0, 0.1) is 5.92 Å². The van der Waals surface area contributed by atoms with E-state index in [4.69, 9.17) is 4.74 Å². The number of fused-ring (bicyclic) bond motifs is 1. The van der Waals surface area contributed by atoms with Crippen molar-refractivity contribution in [2.24, 2.45) is 5.92 Å². The Kier molecular flexibility index (Phi) is 11.3. The molecule has 1 heterocycles. The SMILES string of the molecule is CCOC(=O)c1c(NC(=O)C(C)Sc2cccc(NC(=O)/C(=C/c3ccccc3)NC(=O)c3ccccc3)c2)sc2c1CCC(C)C2. The van der Waals surface area contributed by atoms with Crippen LogP contribution in [0.3, 0.4) is 0 Å². The van der Waals surface area contributed by atoms with E-state index in [-0.39, 0.29) is 18.2 Å². The fourth-order valence-corrected chi connectivity index (χ4v) is 7.56. The Morgan fingerprint density at radius 1 is 0.979 bits per heavy atom. The molecule has 1 aromatic heterocycles. The van der Waals surface area contributed by atoms with Gasteiger partial charge in [0.05, 0.1) is 17.4 Å². The van der Waals surface area contributed by atoms with Crippen molar-refractivity contribution in [3.63, 3.8) is 0 Å². The summed E-state index contributed by atoms with van der Waals surface area (Å²) in [5.74, 6) is -1.02. The molecule has 0 radical (unpaired) electrons. The molecule has 0 saturated heterocycles. The van der Waals surface area contributed by atoms with Crippen LogP contribution in [0.4, 0.5) is 10.7 Å². The number of amides is 3. The second-order valence-electron chi connectivity index (χ2n) is 11.3. The third-order valence-corrected chi connectivity index (χ3v) is 9.90. The third kappa shape index (κ3) is 8.78. The molecule has 47 heavy (non-hydrogen) atoms. The van der Waals surface area contributed by atoms with E-state index in [0.29, 0.717) is 27.7 Å².